The molecule has 0 unspecified atom stereocenters. The number of para-hydroxylation sites is 1. The van der Waals surface area contributed by atoms with E-state index < -0.39 is 29.1 Å². The van der Waals surface area contributed by atoms with Gasteiger partial charge >= 0.3 is 0 Å². The van der Waals surface area contributed by atoms with Gasteiger partial charge in [-0.3, -0.25) is 19.3 Å². The Morgan fingerprint density at radius 2 is 1.50 bits per heavy atom. The first-order valence-electron chi connectivity index (χ1n) is 15.9. The minimum Gasteiger partial charge on any atom is -0.356 e. The molecular formula is C35H41N3O4. The Balaban J connectivity index is 1.24. The predicted molar refractivity (Wildman–Crippen MR) is 162 cm³/mol. The molecule has 7 rings (SSSR count). The average Bonchev–Trinajstić information content (AvgIpc) is 3.59. The zero-order valence-electron chi connectivity index (χ0n) is 24.4. The lowest BCUT2D eigenvalue weighted by atomic mass is 9.70. The first-order chi connectivity index (χ1) is 20.4. The van der Waals surface area contributed by atoms with Crippen LogP contribution in [0.2, 0.25) is 0 Å². The van der Waals surface area contributed by atoms with Crippen LogP contribution >= 0.6 is 0 Å². The summed E-state index contributed by atoms with van der Waals surface area (Å²) in [7, 11) is 0. The number of carbonyl (C=O) groups excluding carboxylic acids is 3. The monoisotopic (exact) mass is 567 g/mol. The van der Waals surface area contributed by atoms with Crippen LogP contribution in [0.3, 0.4) is 0 Å². The predicted octanol–water partition coefficient (Wildman–Crippen LogP) is 5.87. The number of nitrogens with zero attached hydrogens (tertiary/aromatic N) is 1. The molecule has 2 aromatic rings. The molecule has 2 aliphatic carbocycles. The van der Waals surface area contributed by atoms with Crippen LogP contribution < -0.4 is 15.5 Å². The number of hydrogen-bond donors (Lipinski definition) is 2. The van der Waals surface area contributed by atoms with Gasteiger partial charge < -0.3 is 15.4 Å². The second-order valence-electron chi connectivity index (χ2n) is 13.2. The van der Waals surface area contributed by atoms with Crippen LogP contribution in [0.4, 0.5) is 11.4 Å². The summed E-state index contributed by atoms with van der Waals surface area (Å²) in [6.45, 7) is 1.86. The van der Waals surface area contributed by atoms with Gasteiger partial charge in [0.15, 0.2) is 0 Å². The van der Waals surface area contributed by atoms with Crippen molar-refractivity contribution >= 4 is 29.1 Å². The molecule has 2 N–H and O–H groups in total. The third-order valence-electron chi connectivity index (χ3n) is 10.5. The molecule has 1 spiro atoms. The topological polar surface area (TPSA) is 87.7 Å². The highest BCUT2D eigenvalue weighted by molar-refractivity contribution is 6.11. The first kappa shape index (κ1) is 27.4. The number of carbonyl (C=O) groups is 3. The molecule has 3 heterocycles. The number of rotatable bonds is 6. The summed E-state index contributed by atoms with van der Waals surface area (Å²) in [6.07, 6.45) is 15.2. The molecule has 5 aliphatic rings. The number of benzene rings is 2. The minimum atomic E-state index is -1.22. The summed E-state index contributed by atoms with van der Waals surface area (Å²) in [5, 5.41) is 6.29. The van der Waals surface area contributed by atoms with Crippen LogP contribution in [0.5, 0.6) is 0 Å². The molecule has 0 radical (unpaired) electrons. The van der Waals surface area contributed by atoms with Crippen LogP contribution in [0.15, 0.2) is 66.7 Å². The molecular weight excluding hydrogens is 526 g/mol. The fourth-order valence-corrected chi connectivity index (χ4v) is 8.42. The number of ether oxygens (including phenoxy) is 1. The SMILES string of the molecule is C[C@@]12C=C[C@@]3(O1)[C@H](C(=O)N(c1ccc(C4CCCCC4)cc1)[C@H]3C(=O)NC1CCCCC1)[C@H]2C(=O)Nc1ccccc1. The average molecular weight is 568 g/mol. The van der Waals surface area contributed by atoms with Crippen molar-refractivity contribution in [3.8, 4) is 0 Å². The van der Waals surface area contributed by atoms with Gasteiger partial charge in [0, 0.05) is 17.4 Å². The van der Waals surface area contributed by atoms with E-state index in [1.807, 2.05) is 61.5 Å². The Morgan fingerprint density at radius 1 is 0.833 bits per heavy atom. The molecule has 42 heavy (non-hydrogen) atoms. The summed E-state index contributed by atoms with van der Waals surface area (Å²) in [5.74, 6) is -1.74. The van der Waals surface area contributed by atoms with Crippen LogP contribution in [0, 0.1) is 11.8 Å². The van der Waals surface area contributed by atoms with Gasteiger partial charge in [0.05, 0.1) is 17.4 Å². The molecule has 2 saturated carbocycles. The second-order valence-corrected chi connectivity index (χ2v) is 13.2. The quantitative estimate of drug-likeness (QED) is 0.428. The maximum absolute atomic E-state index is 14.5. The van der Waals surface area contributed by atoms with Gasteiger partial charge in [-0.25, -0.2) is 0 Å². The van der Waals surface area contributed by atoms with Crippen LogP contribution in [0.1, 0.15) is 82.6 Å². The van der Waals surface area contributed by atoms with E-state index in [0.29, 0.717) is 17.3 Å². The van der Waals surface area contributed by atoms with Crippen LogP contribution in [0.25, 0.3) is 0 Å². The van der Waals surface area contributed by atoms with Crippen LogP contribution in [-0.4, -0.2) is 41.0 Å². The molecule has 2 bridgehead atoms. The molecule has 2 aromatic carbocycles. The lowest BCUT2D eigenvalue weighted by molar-refractivity contribution is -0.131. The fraction of sp³-hybridized carbons (Fsp3) is 0.514. The summed E-state index contributed by atoms with van der Waals surface area (Å²) in [4.78, 5) is 44.2. The number of hydrogen-bond acceptors (Lipinski definition) is 4. The zero-order chi connectivity index (χ0) is 28.9. The number of nitrogens with one attached hydrogen (secondary N) is 2. The van der Waals surface area contributed by atoms with Crippen molar-refractivity contribution in [2.45, 2.75) is 100 Å². The van der Waals surface area contributed by atoms with E-state index in [1.165, 1.54) is 44.1 Å². The van der Waals surface area contributed by atoms with E-state index in [-0.39, 0.29) is 23.8 Å². The third-order valence-corrected chi connectivity index (χ3v) is 10.5. The number of fused-ring (bicyclic) bond motifs is 1. The Hall–Kier alpha value is -3.45. The van der Waals surface area contributed by atoms with Crippen molar-refractivity contribution in [3.05, 3.63) is 72.3 Å². The van der Waals surface area contributed by atoms with Gasteiger partial charge in [0.25, 0.3) is 0 Å². The van der Waals surface area contributed by atoms with Gasteiger partial charge in [0.2, 0.25) is 17.7 Å². The molecule has 3 aliphatic heterocycles. The molecule has 0 aromatic heterocycles. The molecule has 7 nitrogen and oxygen atoms in total. The molecule has 5 atom stereocenters. The Bertz CT molecular complexity index is 1380. The van der Waals surface area contributed by atoms with Gasteiger partial charge in [0.1, 0.15) is 11.6 Å². The van der Waals surface area contributed by atoms with Crippen molar-refractivity contribution in [2.75, 3.05) is 10.2 Å². The first-order valence-corrected chi connectivity index (χ1v) is 15.9. The largest absolute Gasteiger partial charge is 0.356 e. The summed E-state index contributed by atoms with van der Waals surface area (Å²) < 4.78 is 6.71. The highest BCUT2D eigenvalue weighted by Crippen LogP contribution is 2.60. The summed E-state index contributed by atoms with van der Waals surface area (Å²) >= 11 is 0. The summed E-state index contributed by atoms with van der Waals surface area (Å²) in [6, 6.07) is 16.7. The van der Waals surface area contributed by atoms with E-state index in [9.17, 15) is 14.4 Å². The zero-order valence-corrected chi connectivity index (χ0v) is 24.4. The lowest BCUT2D eigenvalue weighted by Crippen LogP contribution is -2.56. The summed E-state index contributed by atoms with van der Waals surface area (Å²) in [5.41, 5.74) is 0.431. The van der Waals surface area contributed by atoms with E-state index in [0.717, 1.165) is 25.7 Å². The minimum absolute atomic E-state index is 0.0858. The van der Waals surface area contributed by atoms with Crippen molar-refractivity contribution in [1.82, 2.24) is 5.32 Å². The second kappa shape index (κ2) is 10.7. The molecule has 4 fully saturated rings. The van der Waals surface area contributed by atoms with Gasteiger partial charge in [-0.15, -0.1) is 0 Å². The molecule has 7 heteroatoms. The van der Waals surface area contributed by atoms with E-state index >= 15 is 0 Å². The maximum Gasteiger partial charge on any atom is 0.246 e. The molecule has 3 amide bonds. The van der Waals surface area contributed by atoms with Crippen molar-refractivity contribution in [3.63, 3.8) is 0 Å². The maximum atomic E-state index is 14.5. The van der Waals surface area contributed by atoms with Crippen molar-refractivity contribution < 1.29 is 19.1 Å². The smallest absolute Gasteiger partial charge is 0.246 e. The van der Waals surface area contributed by atoms with Crippen molar-refractivity contribution in [1.29, 1.82) is 0 Å². The Labute approximate surface area is 248 Å². The standard InChI is InChI=1S/C35H41N3O4/c1-34-21-22-35(42-34)29(28(34)31(39)36-25-13-7-3-8-14-25)33(41)38(30(35)32(40)37-26-15-9-4-10-16-26)27-19-17-24(18-20-27)23-11-5-2-6-12-23/h3,7-8,13-14,17-23,26,28-30H,2,4-6,9-12,15-16H2,1H3,(H,36,39)(H,37,40)/t28-,29-,30-,34-,35+/m0/s1. The van der Waals surface area contributed by atoms with Gasteiger partial charge in [-0.1, -0.05) is 81.0 Å². The lowest BCUT2D eigenvalue weighted by Gasteiger charge is -2.34. The van der Waals surface area contributed by atoms with E-state index in [4.69, 9.17) is 4.74 Å². The van der Waals surface area contributed by atoms with Crippen LogP contribution in [-0.2, 0) is 19.1 Å². The fourth-order valence-electron chi connectivity index (χ4n) is 8.42. The van der Waals surface area contributed by atoms with E-state index in [2.05, 4.69) is 22.8 Å². The Morgan fingerprint density at radius 3 is 2.19 bits per heavy atom. The number of amides is 3. The molecule has 220 valence electrons. The highest BCUT2D eigenvalue weighted by atomic mass is 16.5. The van der Waals surface area contributed by atoms with Gasteiger partial charge in [-0.05, 0) is 68.4 Å². The normalized spacial score (nSPS) is 32.6. The number of anilines is 2. The third kappa shape index (κ3) is 4.48. The van der Waals surface area contributed by atoms with E-state index in [1.54, 1.807) is 4.90 Å². The van der Waals surface area contributed by atoms with Gasteiger partial charge in [-0.2, -0.15) is 0 Å². The molecule has 2 saturated heterocycles. The Kier molecular flexibility index (Phi) is 6.96. The highest BCUT2D eigenvalue weighted by Gasteiger charge is 2.76. The van der Waals surface area contributed by atoms with Crippen molar-refractivity contribution in [2.24, 2.45) is 11.8 Å².